The molecule has 9 heteroatoms. The highest BCUT2D eigenvalue weighted by molar-refractivity contribution is 6.30. The van der Waals surface area contributed by atoms with Crippen molar-refractivity contribution < 1.29 is 13.8 Å². The first kappa shape index (κ1) is 19.6. The summed E-state index contributed by atoms with van der Waals surface area (Å²) >= 11 is 5.93. The van der Waals surface area contributed by atoms with E-state index >= 15 is 0 Å². The number of halogens is 1. The van der Waals surface area contributed by atoms with E-state index in [9.17, 15) is 4.79 Å². The first-order valence-corrected chi connectivity index (χ1v) is 9.82. The Balaban J connectivity index is 1.24. The molecule has 29 heavy (non-hydrogen) atoms. The van der Waals surface area contributed by atoms with Crippen LogP contribution in [0.3, 0.4) is 0 Å². The number of carbonyl (C=O) groups excluding carboxylic acids is 1. The molecule has 0 radical (unpaired) electrons. The largest absolute Gasteiger partial charge is 0.360 e. The van der Waals surface area contributed by atoms with Gasteiger partial charge in [-0.15, -0.1) is 0 Å². The summed E-state index contributed by atoms with van der Waals surface area (Å²) in [5.41, 5.74) is 1.78. The number of hydrogen-bond acceptors (Lipinski definition) is 7. The van der Waals surface area contributed by atoms with Crippen molar-refractivity contribution in [2.24, 2.45) is 0 Å². The lowest BCUT2D eigenvalue weighted by molar-refractivity contribution is -0.117. The van der Waals surface area contributed by atoms with Crippen LogP contribution in [0.5, 0.6) is 0 Å². The van der Waals surface area contributed by atoms with E-state index in [1.54, 1.807) is 13.0 Å². The quantitative estimate of drug-likeness (QED) is 0.661. The molecule has 2 aromatic heterocycles. The molecule has 0 aliphatic carbocycles. The monoisotopic (exact) mass is 415 g/mol. The number of rotatable bonds is 6. The normalized spacial score (nSPS) is 15.5. The molecule has 1 N–H and O–H groups in total. The molecule has 0 bridgehead atoms. The fourth-order valence-electron chi connectivity index (χ4n) is 3.28. The molecule has 3 heterocycles. The van der Waals surface area contributed by atoms with Crippen molar-refractivity contribution in [2.45, 2.75) is 13.5 Å². The Labute approximate surface area is 173 Å². The number of nitrogens with one attached hydrogen (secondary N) is 1. The van der Waals surface area contributed by atoms with Gasteiger partial charge in [0.25, 0.3) is 0 Å². The molecule has 152 valence electrons. The molecule has 0 atom stereocenters. The number of anilines is 1. The smallest absolute Gasteiger partial charge is 0.239 e. The van der Waals surface area contributed by atoms with Crippen LogP contribution in [0.1, 0.15) is 11.5 Å². The number of benzene rings is 1. The SMILES string of the molecule is Cc1cc(NC(=O)CN2CCN(Cc3cc(-c4ccc(Cl)cc4)no3)CC2)no1. The number of amides is 1. The number of aromatic nitrogens is 2. The van der Waals surface area contributed by atoms with E-state index in [0.717, 1.165) is 43.2 Å². The van der Waals surface area contributed by atoms with Crippen molar-refractivity contribution in [2.75, 3.05) is 38.0 Å². The van der Waals surface area contributed by atoms with Crippen LogP contribution in [0.25, 0.3) is 11.3 Å². The van der Waals surface area contributed by atoms with E-state index in [-0.39, 0.29) is 5.91 Å². The van der Waals surface area contributed by atoms with Crippen molar-refractivity contribution in [3.63, 3.8) is 0 Å². The second-order valence-electron chi connectivity index (χ2n) is 7.11. The fraction of sp³-hybridized carbons (Fsp3) is 0.350. The maximum atomic E-state index is 12.1. The van der Waals surface area contributed by atoms with Crippen molar-refractivity contribution in [1.82, 2.24) is 20.1 Å². The van der Waals surface area contributed by atoms with Gasteiger partial charge in [0.15, 0.2) is 11.6 Å². The van der Waals surface area contributed by atoms with Gasteiger partial charge in [-0.05, 0) is 19.1 Å². The molecule has 1 amide bonds. The van der Waals surface area contributed by atoms with Gasteiger partial charge < -0.3 is 14.4 Å². The number of piperazine rings is 1. The first-order chi connectivity index (χ1) is 14.0. The predicted octanol–water partition coefficient (Wildman–Crippen LogP) is 3.05. The van der Waals surface area contributed by atoms with Gasteiger partial charge in [0.1, 0.15) is 11.5 Å². The molecular weight excluding hydrogens is 394 g/mol. The molecule has 1 aromatic carbocycles. The third-order valence-electron chi connectivity index (χ3n) is 4.81. The summed E-state index contributed by atoms with van der Waals surface area (Å²) in [6.45, 7) is 6.14. The molecule has 0 saturated carbocycles. The standard InChI is InChI=1S/C20H22ClN5O3/c1-14-10-19(24-28-14)22-20(27)13-26-8-6-25(7-9-26)12-17-11-18(23-29-17)15-2-4-16(21)5-3-15/h2-5,10-11H,6-9,12-13H2,1H3,(H,22,24,27). The first-order valence-electron chi connectivity index (χ1n) is 9.44. The van der Waals surface area contributed by atoms with Crippen LogP contribution in [0, 0.1) is 6.92 Å². The summed E-state index contributed by atoms with van der Waals surface area (Å²) in [5, 5.41) is 11.4. The second-order valence-corrected chi connectivity index (χ2v) is 7.55. The predicted molar refractivity (Wildman–Crippen MR) is 109 cm³/mol. The Hall–Kier alpha value is -2.68. The van der Waals surface area contributed by atoms with Crippen LogP contribution in [-0.2, 0) is 11.3 Å². The van der Waals surface area contributed by atoms with Crippen LogP contribution in [0.15, 0.2) is 45.4 Å². The molecule has 1 aliphatic rings. The Kier molecular flexibility index (Phi) is 5.94. The van der Waals surface area contributed by atoms with Gasteiger partial charge in [-0.2, -0.15) is 0 Å². The number of hydrogen-bond donors (Lipinski definition) is 1. The van der Waals surface area contributed by atoms with Crippen molar-refractivity contribution in [3.8, 4) is 11.3 Å². The minimum atomic E-state index is -0.0883. The third kappa shape index (κ3) is 5.23. The topological polar surface area (TPSA) is 87.6 Å². The molecule has 0 spiro atoms. The Morgan fingerprint density at radius 2 is 1.79 bits per heavy atom. The van der Waals surface area contributed by atoms with Crippen LogP contribution in [-0.4, -0.2) is 58.7 Å². The van der Waals surface area contributed by atoms with Crippen LogP contribution in [0.4, 0.5) is 5.82 Å². The van der Waals surface area contributed by atoms with E-state index in [1.165, 1.54) is 0 Å². The summed E-state index contributed by atoms with van der Waals surface area (Å²) in [7, 11) is 0. The van der Waals surface area contributed by atoms with Crippen molar-refractivity contribution >= 4 is 23.3 Å². The summed E-state index contributed by atoms with van der Waals surface area (Å²) in [4.78, 5) is 16.6. The third-order valence-corrected chi connectivity index (χ3v) is 5.06. The van der Waals surface area contributed by atoms with Gasteiger partial charge in [0, 0.05) is 48.9 Å². The number of carbonyl (C=O) groups is 1. The zero-order valence-corrected chi connectivity index (χ0v) is 16.9. The van der Waals surface area contributed by atoms with Crippen LogP contribution < -0.4 is 5.32 Å². The highest BCUT2D eigenvalue weighted by Gasteiger charge is 2.21. The van der Waals surface area contributed by atoms with E-state index in [2.05, 4.69) is 25.4 Å². The average Bonchev–Trinajstić information content (AvgIpc) is 3.33. The van der Waals surface area contributed by atoms with Gasteiger partial charge in [0.2, 0.25) is 5.91 Å². The van der Waals surface area contributed by atoms with E-state index in [4.69, 9.17) is 20.6 Å². The number of nitrogens with zero attached hydrogens (tertiary/aromatic N) is 4. The van der Waals surface area contributed by atoms with Crippen LogP contribution in [0.2, 0.25) is 5.02 Å². The highest BCUT2D eigenvalue weighted by atomic mass is 35.5. The Morgan fingerprint density at radius 3 is 2.48 bits per heavy atom. The molecule has 1 fully saturated rings. The number of aryl methyl sites for hydroxylation is 1. The lowest BCUT2D eigenvalue weighted by Crippen LogP contribution is -2.48. The molecule has 3 aromatic rings. The zero-order valence-electron chi connectivity index (χ0n) is 16.1. The second kappa shape index (κ2) is 8.77. The minimum Gasteiger partial charge on any atom is -0.360 e. The molecular formula is C20H22ClN5O3. The summed E-state index contributed by atoms with van der Waals surface area (Å²) in [6, 6.07) is 11.2. The van der Waals surface area contributed by atoms with Gasteiger partial charge in [-0.25, -0.2) is 0 Å². The molecule has 1 aliphatic heterocycles. The Morgan fingerprint density at radius 1 is 1.07 bits per heavy atom. The van der Waals surface area contributed by atoms with Gasteiger partial charge in [-0.3, -0.25) is 14.6 Å². The highest BCUT2D eigenvalue weighted by Crippen LogP contribution is 2.22. The van der Waals surface area contributed by atoms with E-state index < -0.39 is 0 Å². The summed E-state index contributed by atoms with van der Waals surface area (Å²) < 4.78 is 10.4. The summed E-state index contributed by atoms with van der Waals surface area (Å²) in [5.74, 6) is 1.85. The maximum Gasteiger partial charge on any atom is 0.239 e. The zero-order chi connectivity index (χ0) is 20.2. The molecule has 4 rings (SSSR count). The minimum absolute atomic E-state index is 0.0883. The van der Waals surface area contributed by atoms with Gasteiger partial charge >= 0.3 is 0 Å². The van der Waals surface area contributed by atoms with Crippen molar-refractivity contribution in [3.05, 3.63) is 52.9 Å². The maximum absolute atomic E-state index is 12.1. The molecule has 0 unspecified atom stereocenters. The summed E-state index contributed by atoms with van der Waals surface area (Å²) in [6.07, 6.45) is 0. The molecule has 8 nitrogen and oxygen atoms in total. The molecule has 1 saturated heterocycles. The average molecular weight is 416 g/mol. The lowest BCUT2D eigenvalue weighted by atomic mass is 10.1. The van der Waals surface area contributed by atoms with E-state index in [0.29, 0.717) is 29.7 Å². The van der Waals surface area contributed by atoms with E-state index in [1.807, 2.05) is 30.3 Å². The van der Waals surface area contributed by atoms with Gasteiger partial charge in [0.05, 0.1) is 13.1 Å². The lowest BCUT2D eigenvalue weighted by Gasteiger charge is -2.33. The fourth-order valence-corrected chi connectivity index (χ4v) is 3.41. The van der Waals surface area contributed by atoms with Crippen molar-refractivity contribution in [1.29, 1.82) is 0 Å². The van der Waals surface area contributed by atoms with Gasteiger partial charge in [-0.1, -0.05) is 34.0 Å². The Bertz CT molecular complexity index is 961. The van der Waals surface area contributed by atoms with Crippen LogP contribution >= 0.6 is 11.6 Å².